The van der Waals surface area contributed by atoms with Crippen LogP contribution in [0.25, 0.3) is 22.2 Å². The molecule has 3 N–H and O–H groups in total. The maximum absolute atomic E-state index is 12.6. The molecule has 4 aromatic rings. The van der Waals surface area contributed by atoms with Gasteiger partial charge < -0.3 is 29.7 Å². The lowest BCUT2D eigenvalue weighted by atomic mass is 10.0. The Balaban J connectivity index is 1.27. The molecular formula is C34H42N8O5S. The van der Waals surface area contributed by atoms with Crippen LogP contribution in [0.1, 0.15) is 18.4 Å². The van der Waals surface area contributed by atoms with E-state index in [9.17, 15) is 17.8 Å². The van der Waals surface area contributed by atoms with Gasteiger partial charge >= 0.3 is 0 Å². The predicted octanol–water partition coefficient (Wildman–Crippen LogP) is 4.12. The summed E-state index contributed by atoms with van der Waals surface area (Å²) in [7, 11) is 1.48. The molecule has 1 amide bonds. The number of carbonyl (C=O) groups is 1. The second kappa shape index (κ2) is 13.9. The number of piperidine rings is 1. The van der Waals surface area contributed by atoms with Gasteiger partial charge in [0.15, 0.2) is 0 Å². The molecule has 0 saturated carbocycles. The van der Waals surface area contributed by atoms with Crippen molar-refractivity contribution < 1.29 is 22.5 Å². The number of aryl methyl sites for hydroxylation is 1. The highest BCUT2D eigenvalue weighted by atomic mass is 32.2. The van der Waals surface area contributed by atoms with Gasteiger partial charge in [-0.3, -0.25) is 14.2 Å². The van der Waals surface area contributed by atoms with E-state index >= 15 is 0 Å². The summed E-state index contributed by atoms with van der Waals surface area (Å²) in [4.78, 5) is 29.1. The van der Waals surface area contributed by atoms with Gasteiger partial charge in [0.2, 0.25) is 11.9 Å². The maximum Gasteiger partial charge on any atom is 0.269 e. The van der Waals surface area contributed by atoms with Gasteiger partial charge in [0.1, 0.15) is 11.5 Å². The van der Waals surface area contributed by atoms with Crippen molar-refractivity contribution in [3.05, 3.63) is 67.0 Å². The number of anilines is 4. The molecule has 0 atom stereocenters. The van der Waals surface area contributed by atoms with Gasteiger partial charge in [-0.05, 0) is 55.8 Å². The zero-order valence-corrected chi connectivity index (χ0v) is 28.3. The number of aromatic nitrogens is 3. The number of fused-ring (bicyclic) bond motifs is 1. The molecule has 2 aliphatic rings. The van der Waals surface area contributed by atoms with Gasteiger partial charge in [-0.1, -0.05) is 12.6 Å². The van der Waals surface area contributed by atoms with Crippen LogP contribution in [0.3, 0.4) is 0 Å². The smallest absolute Gasteiger partial charge is 0.269 e. The van der Waals surface area contributed by atoms with E-state index in [1.54, 1.807) is 31.5 Å². The number of benzene rings is 2. The highest BCUT2D eigenvalue weighted by molar-refractivity contribution is 7.85. The van der Waals surface area contributed by atoms with Crippen LogP contribution >= 0.6 is 0 Å². The van der Waals surface area contributed by atoms with Crippen LogP contribution in [0.15, 0.2) is 61.4 Å². The van der Waals surface area contributed by atoms with Gasteiger partial charge in [-0.2, -0.15) is 8.42 Å². The van der Waals surface area contributed by atoms with Crippen molar-refractivity contribution >= 4 is 49.9 Å². The molecule has 0 spiro atoms. The Morgan fingerprint density at radius 3 is 2.50 bits per heavy atom. The first-order chi connectivity index (χ1) is 23.0. The van der Waals surface area contributed by atoms with Crippen LogP contribution in [0.4, 0.5) is 23.0 Å². The Morgan fingerprint density at radius 1 is 1.06 bits per heavy atom. The number of carbonyl (C=O) groups excluding carboxylic acids is 1. The summed E-state index contributed by atoms with van der Waals surface area (Å²) in [5, 5.41) is 7.04. The monoisotopic (exact) mass is 674 g/mol. The van der Waals surface area contributed by atoms with E-state index in [-0.39, 0.29) is 5.91 Å². The molecule has 14 heteroatoms. The Bertz CT molecular complexity index is 1930. The van der Waals surface area contributed by atoms with Crippen LogP contribution in [-0.4, -0.2) is 103 Å². The number of amides is 1. The van der Waals surface area contributed by atoms with E-state index in [0.717, 1.165) is 74.3 Å². The summed E-state index contributed by atoms with van der Waals surface area (Å²) in [6.45, 7) is 9.71. The molecule has 0 bridgehead atoms. The summed E-state index contributed by atoms with van der Waals surface area (Å²) < 4.78 is 40.2. The second-order valence-electron chi connectivity index (χ2n) is 12.4. The average Bonchev–Trinajstić information content (AvgIpc) is 3.40. The third-order valence-electron chi connectivity index (χ3n) is 9.20. The lowest BCUT2D eigenvalue weighted by Crippen LogP contribution is -2.52. The molecule has 2 aromatic carbocycles. The van der Waals surface area contributed by atoms with E-state index in [0.29, 0.717) is 40.4 Å². The normalized spacial score (nSPS) is 16.6. The summed E-state index contributed by atoms with van der Waals surface area (Å²) in [5.74, 6) is 0.0699. The first-order valence-corrected chi connectivity index (χ1v) is 17.6. The standard InChI is InChI=1S/C34H42N8O5S/c1-5-33(43)36-28-19-29(32(47-4)20-31(28)42-12-9-24(10-13-42)41-16-14-39(2)15-17-41)38-34-35-11-8-27(37-34)26-21-40(3)30-7-6-23(18-25(26)30)22-48(44,45)46/h5-8,11,18-21,24H,1,9-10,12-17,22H2,2-4H3,(H,36,43)(H,35,37,38)(H,44,45,46). The summed E-state index contributed by atoms with van der Waals surface area (Å²) >= 11 is 0. The van der Waals surface area contributed by atoms with Crippen molar-refractivity contribution in [3.8, 4) is 17.0 Å². The number of hydrogen-bond donors (Lipinski definition) is 3. The van der Waals surface area contributed by atoms with E-state index < -0.39 is 15.9 Å². The molecule has 4 heterocycles. The molecule has 2 aromatic heterocycles. The zero-order valence-electron chi connectivity index (χ0n) is 27.5. The molecule has 0 radical (unpaired) electrons. The molecular weight excluding hydrogens is 632 g/mol. The lowest BCUT2D eigenvalue weighted by Gasteiger charge is -2.43. The summed E-state index contributed by atoms with van der Waals surface area (Å²) in [6.07, 6.45) is 6.87. The fourth-order valence-corrected chi connectivity index (χ4v) is 7.27. The number of likely N-dealkylation sites (N-methyl/N-ethyl adjacent to an activating group) is 1. The first kappa shape index (κ1) is 33.4. The number of nitrogens with one attached hydrogen (secondary N) is 2. The topological polar surface area (TPSA) is 145 Å². The van der Waals surface area contributed by atoms with Crippen LogP contribution in [0.5, 0.6) is 5.75 Å². The second-order valence-corrected chi connectivity index (χ2v) is 13.9. The quantitative estimate of drug-likeness (QED) is 0.165. The van der Waals surface area contributed by atoms with Crippen molar-refractivity contribution in [1.82, 2.24) is 24.3 Å². The third kappa shape index (κ3) is 7.46. The van der Waals surface area contributed by atoms with Crippen molar-refractivity contribution in [2.75, 3.05) is 69.0 Å². The van der Waals surface area contributed by atoms with Gasteiger partial charge in [0, 0.05) is 87.3 Å². The Kier molecular flexibility index (Phi) is 9.69. The van der Waals surface area contributed by atoms with Crippen LogP contribution < -0.4 is 20.3 Å². The van der Waals surface area contributed by atoms with E-state index in [1.807, 2.05) is 36.0 Å². The van der Waals surface area contributed by atoms with Gasteiger partial charge in [0.25, 0.3) is 10.1 Å². The molecule has 2 fully saturated rings. The fourth-order valence-electron chi connectivity index (χ4n) is 6.67. The molecule has 254 valence electrons. The minimum absolute atomic E-state index is 0.304. The van der Waals surface area contributed by atoms with E-state index in [4.69, 9.17) is 9.72 Å². The minimum Gasteiger partial charge on any atom is -0.494 e. The molecule has 48 heavy (non-hydrogen) atoms. The molecule has 6 rings (SSSR count). The Hall–Kier alpha value is -4.50. The number of ether oxygens (including phenoxy) is 1. The van der Waals surface area contributed by atoms with Crippen molar-refractivity contribution in [2.24, 2.45) is 7.05 Å². The van der Waals surface area contributed by atoms with Crippen molar-refractivity contribution in [2.45, 2.75) is 24.6 Å². The number of methoxy groups -OCH3 is 1. The zero-order chi connectivity index (χ0) is 34.0. The van der Waals surface area contributed by atoms with Gasteiger partial charge in [0.05, 0.1) is 29.9 Å². The fraction of sp³-hybridized carbons (Fsp3) is 0.382. The summed E-state index contributed by atoms with van der Waals surface area (Å²) in [5.41, 5.74) is 4.79. The van der Waals surface area contributed by atoms with E-state index in [1.165, 1.54) is 6.08 Å². The molecule has 0 aliphatic carbocycles. The average molecular weight is 675 g/mol. The van der Waals surface area contributed by atoms with Gasteiger partial charge in [-0.15, -0.1) is 0 Å². The number of rotatable bonds is 10. The van der Waals surface area contributed by atoms with Crippen LogP contribution in [0.2, 0.25) is 0 Å². The molecule has 2 saturated heterocycles. The first-order valence-electron chi connectivity index (χ1n) is 16.0. The number of piperazine rings is 1. The SMILES string of the molecule is C=CC(=O)Nc1cc(Nc2nccc(-c3cn(C)c4ccc(CS(=O)(=O)O)cc34)n2)c(OC)cc1N1CCC(N2CCN(C)CC2)CC1. The molecule has 13 nitrogen and oxygen atoms in total. The van der Waals surface area contributed by atoms with Gasteiger partial charge in [-0.25, -0.2) is 9.97 Å². The number of nitrogens with zero attached hydrogens (tertiary/aromatic N) is 6. The largest absolute Gasteiger partial charge is 0.494 e. The highest BCUT2D eigenvalue weighted by Crippen LogP contribution is 2.40. The lowest BCUT2D eigenvalue weighted by molar-refractivity contribution is -0.111. The third-order valence-corrected chi connectivity index (χ3v) is 9.90. The Labute approximate surface area is 281 Å². The minimum atomic E-state index is -4.19. The molecule has 2 aliphatic heterocycles. The summed E-state index contributed by atoms with van der Waals surface area (Å²) in [6, 6.07) is 11.3. The molecule has 0 unspecified atom stereocenters. The van der Waals surface area contributed by atoms with Crippen LogP contribution in [-0.2, 0) is 27.7 Å². The maximum atomic E-state index is 12.6. The number of hydrogen-bond acceptors (Lipinski definition) is 10. The van der Waals surface area contributed by atoms with Crippen molar-refractivity contribution in [1.29, 1.82) is 0 Å². The predicted molar refractivity (Wildman–Crippen MR) is 189 cm³/mol. The van der Waals surface area contributed by atoms with E-state index in [2.05, 4.69) is 43.9 Å². The Morgan fingerprint density at radius 2 is 1.81 bits per heavy atom. The van der Waals surface area contributed by atoms with Crippen LogP contribution in [0, 0.1) is 0 Å². The van der Waals surface area contributed by atoms with Crippen molar-refractivity contribution in [3.63, 3.8) is 0 Å². The highest BCUT2D eigenvalue weighted by Gasteiger charge is 2.28.